The average molecular weight is 265 g/mol. The molecule has 1 aromatic rings. The fourth-order valence-electron chi connectivity index (χ4n) is 2.14. The lowest BCUT2D eigenvalue weighted by Crippen LogP contribution is -2.47. The molecule has 1 fully saturated rings. The summed E-state index contributed by atoms with van der Waals surface area (Å²) in [5.74, 6) is -0.308. The molecule has 3 N–H and O–H groups in total. The van der Waals surface area contributed by atoms with E-state index < -0.39 is 0 Å². The normalized spacial score (nSPS) is 14.8. The number of anilines is 1. The molecule has 0 spiro atoms. The van der Waals surface area contributed by atoms with Crippen LogP contribution in [0.25, 0.3) is 0 Å². The molecule has 5 heteroatoms. The number of benzene rings is 1. The summed E-state index contributed by atoms with van der Waals surface area (Å²) in [5, 5.41) is 2.81. The molecule has 0 bridgehead atoms. The minimum absolute atomic E-state index is 0.121. The van der Waals surface area contributed by atoms with Crippen LogP contribution in [0.2, 0.25) is 0 Å². The number of hydrogen-bond acceptors (Lipinski definition) is 2. The van der Waals surface area contributed by atoms with E-state index in [0.717, 1.165) is 19.3 Å². The number of carbonyl (C=O) groups is 1. The average Bonchev–Trinajstić information content (AvgIpc) is 2.34. The second-order valence-corrected chi connectivity index (χ2v) is 4.86. The van der Waals surface area contributed by atoms with Gasteiger partial charge in [0.25, 0.3) is 0 Å². The van der Waals surface area contributed by atoms with Crippen LogP contribution in [0.4, 0.5) is 14.9 Å². The van der Waals surface area contributed by atoms with Crippen molar-refractivity contribution in [1.82, 2.24) is 4.90 Å². The van der Waals surface area contributed by atoms with Gasteiger partial charge in [0.05, 0.1) is 0 Å². The largest absolute Gasteiger partial charge is 0.330 e. The number of halogens is 1. The molecule has 1 aliphatic carbocycles. The summed E-state index contributed by atoms with van der Waals surface area (Å²) in [6.45, 7) is 1.25. The second kappa shape index (κ2) is 6.52. The van der Waals surface area contributed by atoms with Crippen molar-refractivity contribution in [3.63, 3.8) is 0 Å². The summed E-state index contributed by atoms with van der Waals surface area (Å²) in [7, 11) is 0. The van der Waals surface area contributed by atoms with Crippen LogP contribution in [-0.2, 0) is 0 Å². The van der Waals surface area contributed by atoms with Gasteiger partial charge in [0, 0.05) is 18.3 Å². The highest BCUT2D eigenvalue weighted by molar-refractivity contribution is 5.89. The Morgan fingerprint density at radius 2 is 2.05 bits per heavy atom. The van der Waals surface area contributed by atoms with E-state index >= 15 is 0 Å². The van der Waals surface area contributed by atoms with Gasteiger partial charge in [-0.2, -0.15) is 0 Å². The molecule has 4 nitrogen and oxygen atoms in total. The van der Waals surface area contributed by atoms with Crippen LogP contribution in [0, 0.1) is 5.82 Å². The molecule has 19 heavy (non-hydrogen) atoms. The molecule has 0 radical (unpaired) electrons. The lowest BCUT2D eigenvalue weighted by Gasteiger charge is -2.37. The summed E-state index contributed by atoms with van der Waals surface area (Å²) in [4.78, 5) is 14.1. The molecule has 0 unspecified atom stereocenters. The molecular weight excluding hydrogens is 245 g/mol. The molecule has 2 amide bonds. The summed E-state index contributed by atoms with van der Waals surface area (Å²) in [6.07, 6.45) is 4.09. The van der Waals surface area contributed by atoms with Crippen molar-refractivity contribution in [3.05, 3.63) is 30.1 Å². The topological polar surface area (TPSA) is 58.4 Å². The second-order valence-electron chi connectivity index (χ2n) is 4.86. The molecule has 0 aromatic heterocycles. The number of hydrogen-bond donors (Lipinski definition) is 2. The van der Waals surface area contributed by atoms with Crippen molar-refractivity contribution in [2.24, 2.45) is 5.73 Å². The smallest absolute Gasteiger partial charge is 0.322 e. The predicted octanol–water partition coefficient (Wildman–Crippen LogP) is 2.56. The van der Waals surface area contributed by atoms with E-state index in [1.807, 2.05) is 4.90 Å². The summed E-state index contributed by atoms with van der Waals surface area (Å²) in [5.41, 5.74) is 6.12. The van der Waals surface area contributed by atoms with Gasteiger partial charge in [-0.05, 0) is 56.5 Å². The van der Waals surface area contributed by atoms with Crippen LogP contribution < -0.4 is 11.1 Å². The van der Waals surface area contributed by atoms with E-state index in [2.05, 4.69) is 5.32 Å². The molecule has 1 saturated carbocycles. The summed E-state index contributed by atoms with van der Waals surface area (Å²) >= 11 is 0. The van der Waals surface area contributed by atoms with E-state index in [9.17, 15) is 9.18 Å². The standard InChI is InChI=1S/C14H20FN3O/c15-11-5-7-12(8-6-11)17-14(19)18(10-2-9-16)13-3-1-4-13/h5-8,13H,1-4,9-10,16H2,(H,17,19). The van der Waals surface area contributed by atoms with E-state index in [0.29, 0.717) is 24.8 Å². The van der Waals surface area contributed by atoms with Crippen LogP contribution in [0.15, 0.2) is 24.3 Å². The highest BCUT2D eigenvalue weighted by Crippen LogP contribution is 2.25. The fourth-order valence-corrected chi connectivity index (χ4v) is 2.14. The van der Waals surface area contributed by atoms with Gasteiger partial charge in [-0.15, -0.1) is 0 Å². The maximum absolute atomic E-state index is 12.8. The summed E-state index contributed by atoms with van der Waals surface area (Å²) in [6, 6.07) is 6.01. The number of amides is 2. The lowest BCUT2D eigenvalue weighted by atomic mass is 9.91. The van der Waals surface area contributed by atoms with E-state index in [1.54, 1.807) is 12.1 Å². The third-order valence-corrected chi connectivity index (χ3v) is 3.47. The van der Waals surface area contributed by atoms with Gasteiger partial charge in [-0.1, -0.05) is 0 Å². The van der Waals surface area contributed by atoms with Gasteiger partial charge in [-0.3, -0.25) is 0 Å². The van der Waals surface area contributed by atoms with Crippen molar-refractivity contribution in [3.8, 4) is 0 Å². The molecule has 0 atom stereocenters. The van der Waals surface area contributed by atoms with Crippen LogP contribution in [-0.4, -0.2) is 30.1 Å². The number of urea groups is 1. The monoisotopic (exact) mass is 265 g/mol. The molecule has 1 aliphatic rings. The molecule has 0 heterocycles. The summed E-state index contributed by atoms with van der Waals surface area (Å²) < 4.78 is 12.8. The van der Waals surface area contributed by atoms with Crippen molar-refractivity contribution in [1.29, 1.82) is 0 Å². The maximum atomic E-state index is 12.8. The maximum Gasteiger partial charge on any atom is 0.322 e. The Kier molecular flexibility index (Phi) is 4.74. The van der Waals surface area contributed by atoms with Crippen LogP contribution in [0.5, 0.6) is 0 Å². The Hall–Kier alpha value is -1.62. The van der Waals surface area contributed by atoms with Crippen molar-refractivity contribution in [2.75, 3.05) is 18.4 Å². The van der Waals surface area contributed by atoms with Gasteiger partial charge in [-0.25, -0.2) is 9.18 Å². The van der Waals surface area contributed by atoms with Crippen LogP contribution >= 0.6 is 0 Å². The number of nitrogens with one attached hydrogen (secondary N) is 1. The fraction of sp³-hybridized carbons (Fsp3) is 0.500. The molecular formula is C14H20FN3O. The zero-order valence-corrected chi connectivity index (χ0v) is 10.9. The Bertz CT molecular complexity index is 417. The molecule has 1 aromatic carbocycles. The van der Waals surface area contributed by atoms with Gasteiger partial charge >= 0.3 is 6.03 Å². The van der Waals surface area contributed by atoms with E-state index in [-0.39, 0.29) is 11.8 Å². The third kappa shape index (κ3) is 3.67. The number of rotatable bonds is 5. The van der Waals surface area contributed by atoms with Gasteiger partial charge in [0.1, 0.15) is 5.82 Å². The Morgan fingerprint density at radius 1 is 1.37 bits per heavy atom. The van der Waals surface area contributed by atoms with Gasteiger partial charge < -0.3 is 16.0 Å². The number of nitrogens with two attached hydrogens (primary N) is 1. The SMILES string of the molecule is NCCCN(C(=O)Nc1ccc(F)cc1)C1CCC1. The number of nitrogens with zero attached hydrogens (tertiary/aromatic N) is 1. The van der Waals surface area contributed by atoms with Crippen molar-refractivity contribution < 1.29 is 9.18 Å². The highest BCUT2D eigenvalue weighted by Gasteiger charge is 2.28. The first-order chi connectivity index (χ1) is 9.20. The number of carbonyl (C=O) groups excluding carboxylic acids is 1. The zero-order valence-electron chi connectivity index (χ0n) is 10.9. The third-order valence-electron chi connectivity index (χ3n) is 3.47. The Morgan fingerprint density at radius 3 is 2.58 bits per heavy atom. The van der Waals surface area contributed by atoms with E-state index in [4.69, 9.17) is 5.73 Å². The Balaban J connectivity index is 1.96. The molecule has 2 rings (SSSR count). The lowest BCUT2D eigenvalue weighted by molar-refractivity contribution is 0.148. The minimum atomic E-state index is -0.308. The molecule has 0 saturated heterocycles. The van der Waals surface area contributed by atoms with Gasteiger partial charge in [0.15, 0.2) is 0 Å². The first-order valence-corrected chi connectivity index (χ1v) is 6.74. The first kappa shape index (κ1) is 13.8. The molecule has 0 aliphatic heterocycles. The zero-order chi connectivity index (χ0) is 13.7. The first-order valence-electron chi connectivity index (χ1n) is 6.74. The quantitative estimate of drug-likeness (QED) is 0.859. The highest BCUT2D eigenvalue weighted by atomic mass is 19.1. The van der Waals surface area contributed by atoms with Crippen LogP contribution in [0.3, 0.4) is 0 Å². The van der Waals surface area contributed by atoms with Crippen LogP contribution in [0.1, 0.15) is 25.7 Å². The Labute approximate surface area is 112 Å². The molecule has 104 valence electrons. The van der Waals surface area contributed by atoms with E-state index in [1.165, 1.54) is 18.6 Å². The van der Waals surface area contributed by atoms with Crippen molar-refractivity contribution >= 4 is 11.7 Å². The van der Waals surface area contributed by atoms with Crippen molar-refractivity contribution in [2.45, 2.75) is 31.7 Å². The minimum Gasteiger partial charge on any atom is -0.330 e. The van der Waals surface area contributed by atoms with Gasteiger partial charge in [0.2, 0.25) is 0 Å². The predicted molar refractivity (Wildman–Crippen MR) is 73.4 cm³/mol.